The highest BCUT2D eigenvalue weighted by Gasteiger charge is 2.56. The van der Waals surface area contributed by atoms with Gasteiger partial charge in [0.15, 0.2) is 12.4 Å². The summed E-state index contributed by atoms with van der Waals surface area (Å²) >= 11 is 0. The van der Waals surface area contributed by atoms with E-state index in [1.54, 1.807) is 0 Å². The van der Waals surface area contributed by atoms with Crippen LogP contribution in [-0.4, -0.2) is 78.2 Å². The normalized spacial score (nSPS) is 34.5. The molecule has 2 fully saturated rings. The van der Waals surface area contributed by atoms with Crippen molar-refractivity contribution in [2.75, 3.05) is 40.9 Å². The molecule has 0 amide bonds. The van der Waals surface area contributed by atoms with Crippen molar-refractivity contribution in [3.8, 4) is 0 Å². The van der Waals surface area contributed by atoms with Crippen LogP contribution < -0.4 is 5.69 Å². The SMILES string of the molecule is C[N+](C)(C)CCOP(=O)(O)OP1(=O)OC[C@H]2O[C@@H](n3cccnc3=O)C(F)[C@@H]2O1. The number of hydrogen-bond acceptors (Lipinski definition) is 9. The largest absolute Gasteiger partial charge is 0.484 e. The number of quaternary nitrogens is 1. The molecule has 2 aliphatic rings. The molecule has 6 atom stereocenters. The van der Waals surface area contributed by atoms with E-state index in [2.05, 4.69) is 9.29 Å². The zero-order valence-corrected chi connectivity index (χ0v) is 17.8. The third-order valence-corrected chi connectivity index (χ3v) is 7.25. The Hall–Kier alpha value is -1.01. The van der Waals surface area contributed by atoms with Gasteiger partial charge in [0, 0.05) is 12.4 Å². The molecule has 3 unspecified atom stereocenters. The summed E-state index contributed by atoms with van der Waals surface area (Å²) in [5.41, 5.74) is -0.746. The summed E-state index contributed by atoms with van der Waals surface area (Å²) in [6.45, 7) is -0.233. The van der Waals surface area contributed by atoms with Gasteiger partial charge in [-0.05, 0) is 6.07 Å². The van der Waals surface area contributed by atoms with Crippen LogP contribution in [0.2, 0.25) is 0 Å². The van der Waals surface area contributed by atoms with Crippen molar-refractivity contribution in [2.45, 2.75) is 24.6 Å². The summed E-state index contributed by atoms with van der Waals surface area (Å²) in [7, 11) is -3.90. The number of ether oxygens (including phenoxy) is 1. The van der Waals surface area contributed by atoms with E-state index in [0.717, 1.165) is 4.57 Å². The number of nitrogens with zero attached hydrogens (tertiary/aromatic N) is 3. The van der Waals surface area contributed by atoms with Gasteiger partial charge in [0.2, 0.25) is 0 Å². The van der Waals surface area contributed by atoms with Gasteiger partial charge in [-0.2, -0.15) is 4.31 Å². The highest BCUT2D eigenvalue weighted by Crippen LogP contribution is 2.66. The first-order chi connectivity index (χ1) is 13.4. The van der Waals surface area contributed by atoms with E-state index in [9.17, 15) is 23.2 Å². The second-order valence-corrected chi connectivity index (χ2v) is 10.7. The van der Waals surface area contributed by atoms with Crippen LogP contribution in [0.3, 0.4) is 0 Å². The van der Waals surface area contributed by atoms with Crippen molar-refractivity contribution >= 4 is 15.6 Å². The molecular formula is C14H23FN3O9P2+. The van der Waals surface area contributed by atoms with Crippen LogP contribution >= 0.6 is 15.6 Å². The number of phosphoric acid groups is 2. The van der Waals surface area contributed by atoms with Crippen LogP contribution in [-0.2, 0) is 31.7 Å². The number of hydrogen-bond donors (Lipinski definition) is 1. The van der Waals surface area contributed by atoms with Gasteiger partial charge < -0.3 is 14.1 Å². The quantitative estimate of drug-likeness (QED) is 0.463. The Labute approximate surface area is 165 Å². The molecule has 0 aliphatic carbocycles. The topological polar surface area (TPSA) is 135 Å². The van der Waals surface area contributed by atoms with E-state index in [1.165, 1.54) is 18.5 Å². The zero-order chi connectivity index (χ0) is 21.4. The van der Waals surface area contributed by atoms with E-state index in [1.807, 2.05) is 21.1 Å². The van der Waals surface area contributed by atoms with Crippen LogP contribution in [0.25, 0.3) is 0 Å². The molecule has 29 heavy (non-hydrogen) atoms. The van der Waals surface area contributed by atoms with Crippen molar-refractivity contribution in [2.24, 2.45) is 0 Å². The molecule has 3 heterocycles. The van der Waals surface area contributed by atoms with Crippen molar-refractivity contribution in [3.63, 3.8) is 0 Å². The molecule has 2 saturated heterocycles. The van der Waals surface area contributed by atoms with E-state index in [-0.39, 0.29) is 6.61 Å². The average Bonchev–Trinajstić information content (AvgIpc) is 2.89. The lowest BCUT2D eigenvalue weighted by molar-refractivity contribution is -0.870. The third kappa shape index (κ3) is 5.57. The zero-order valence-electron chi connectivity index (χ0n) is 16.0. The highest BCUT2D eigenvalue weighted by molar-refractivity contribution is 7.61. The minimum Gasteiger partial charge on any atom is -0.346 e. The lowest BCUT2D eigenvalue weighted by atomic mass is 10.1. The van der Waals surface area contributed by atoms with Gasteiger partial charge in [-0.25, -0.2) is 23.3 Å². The van der Waals surface area contributed by atoms with E-state index >= 15 is 0 Å². The second kappa shape index (κ2) is 8.26. The monoisotopic (exact) mass is 458 g/mol. The highest BCUT2D eigenvalue weighted by atomic mass is 31.3. The third-order valence-electron chi connectivity index (χ3n) is 4.15. The van der Waals surface area contributed by atoms with Gasteiger partial charge in [-0.1, -0.05) is 0 Å². The first-order valence-corrected chi connectivity index (χ1v) is 11.6. The second-order valence-electron chi connectivity index (χ2n) is 7.53. The molecular weight excluding hydrogens is 435 g/mol. The van der Waals surface area contributed by atoms with Crippen LogP contribution in [0.5, 0.6) is 0 Å². The molecule has 164 valence electrons. The van der Waals surface area contributed by atoms with Gasteiger partial charge in [0.05, 0.1) is 27.7 Å². The summed E-state index contributed by atoms with van der Waals surface area (Å²) in [6, 6.07) is 1.42. The Kier molecular flexibility index (Phi) is 6.45. The molecule has 1 N–H and O–H groups in total. The van der Waals surface area contributed by atoms with Crippen molar-refractivity contribution in [1.29, 1.82) is 0 Å². The Morgan fingerprint density at radius 2 is 2.21 bits per heavy atom. The Balaban J connectivity index is 1.66. The van der Waals surface area contributed by atoms with Crippen molar-refractivity contribution in [1.82, 2.24) is 9.55 Å². The number of fused-ring (bicyclic) bond motifs is 1. The number of likely N-dealkylation sites (N-methyl/N-ethyl adjacent to an activating group) is 1. The maximum absolute atomic E-state index is 14.9. The van der Waals surface area contributed by atoms with Crippen LogP contribution in [0.4, 0.5) is 4.39 Å². The molecule has 0 radical (unpaired) electrons. The standard InChI is InChI=1S/C14H22FN3O9P2/c1-18(2,3)7-8-23-28(20,21)27-29(22)24-9-10-12(26-29)11(15)13(25-10)17-6-4-5-16-14(17)19/h4-6,10-13H,7-9H2,1-3H3/p+1/t10-,11?,12-,13-,29?/m1/s1. The first kappa shape index (κ1) is 22.7. The molecule has 15 heteroatoms. The number of halogens is 1. The van der Waals surface area contributed by atoms with Crippen LogP contribution in [0, 0.1) is 0 Å². The van der Waals surface area contributed by atoms with Crippen molar-refractivity contribution < 1.29 is 45.5 Å². The minimum atomic E-state index is -4.80. The molecule has 1 aromatic rings. The summed E-state index contributed by atoms with van der Waals surface area (Å²) in [4.78, 5) is 25.1. The fraction of sp³-hybridized carbons (Fsp3) is 0.714. The van der Waals surface area contributed by atoms with Gasteiger partial charge >= 0.3 is 21.3 Å². The van der Waals surface area contributed by atoms with Gasteiger partial charge in [-0.3, -0.25) is 18.1 Å². The first-order valence-electron chi connectivity index (χ1n) is 8.64. The molecule has 1 aromatic heterocycles. The summed E-state index contributed by atoms with van der Waals surface area (Å²) in [6.07, 6.45) is -3.25. The molecule has 12 nitrogen and oxygen atoms in total. The van der Waals surface area contributed by atoms with Gasteiger partial charge in [-0.15, -0.1) is 0 Å². The number of alkyl halides is 1. The van der Waals surface area contributed by atoms with Gasteiger partial charge in [0.25, 0.3) is 0 Å². The Morgan fingerprint density at radius 3 is 2.86 bits per heavy atom. The van der Waals surface area contributed by atoms with Crippen LogP contribution in [0.1, 0.15) is 6.23 Å². The summed E-state index contributed by atoms with van der Waals surface area (Å²) in [5, 5.41) is 0. The molecule has 2 aliphatic heterocycles. The fourth-order valence-electron chi connectivity index (χ4n) is 2.71. The fourth-order valence-corrected chi connectivity index (χ4v) is 5.50. The average molecular weight is 458 g/mol. The Bertz CT molecular complexity index is 892. The number of rotatable bonds is 7. The molecule has 0 saturated carbocycles. The van der Waals surface area contributed by atoms with Crippen molar-refractivity contribution in [3.05, 3.63) is 28.9 Å². The smallest absolute Gasteiger partial charge is 0.346 e. The van der Waals surface area contributed by atoms with E-state index in [0.29, 0.717) is 11.0 Å². The lowest BCUT2D eigenvalue weighted by Crippen LogP contribution is -2.38. The minimum absolute atomic E-state index is 0.163. The Morgan fingerprint density at radius 1 is 1.48 bits per heavy atom. The predicted molar refractivity (Wildman–Crippen MR) is 95.5 cm³/mol. The number of aromatic nitrogens is 2. The maximum atomic E-state index is 14.9. The predicted octanol–water partition coefficient (Wildman–Crippen LogP) is 0.842. The summed E-state index contributed by atoms with van der Waals surface area (Å²) in [5.74, 6) is 0. The van der Waals surface area contributed by atoms with E-state index in [4.69, 9.17) is 18.3 Å². The molecule has 0 spiro atoms. The number of phosphoric ester groups is 2. The lowest BCUT2D eigenvalue weighted by Gasteiger charge is -2.30. The molecule has 0 bridgehead atoms. The van der Waals surface area contributed by atoms with Crippen LogP contribution in [0.15, 0.2) is 23.3 Å². The molecule has 0 aromatic carbocycles. The molecule has 3 rings (SSSR count). The summed E-state index contributed by atoms with van der Waals surface area (Å²) < 4.78 is 65.7. The maximum Gasteiger partial charge on any atom is 0.484 e. The van der Waals surface area contributed by atoms with Gasteiger partial charge in [0.1, 0.15) is 25.4 Å². The van der Waals surface area contributed by atoms with E-state index < -0.39 is 52.5 Å².